The van der Waals surface area contributed by atoms with Crippen LogP contribution in [0, 0.1) is 11.8 Å². The molecule has 1 aliphatic carbocycles. The molecule has 1 aromatic carbocycles. The first-order chi connectivity index (χ1) is 10.2. The van der Waals surface area contributed by atoms with Crippen LogP contribution >= 0.6 is 0 Å². The van der Waals surface area contributed by atoms with Gasteiger partial charge in [-0.25, -0.2) is 0 Å². The van der Waals surface area contributed by atoms with E-state index < -0.39 is 0 Å². The van der Waals surface area contributed by atoms with Crippen LogP contribution < -0.4 is 0 Å². The van der Waals surface area contributed by atoms with Gasteiger partial charge in [-0.3, -0.25) is 4.79 Å². The lowest BCUT2D eigenvalue weighted by Crippen LogP contribution is -2.26. The molecular formula is C18H24O3. The van der Waals surface area contributed by atoms with Crippen LogP contribution in [-0.4, -0.2) is 19.2 Å². The van der Waals surface area contributed by atoms with Crippen LogP contribution in [0.15, 0.2) is 42.5 Å². The van der Waals surface area contributed by atoms with E-state index in [2.05, 4.69) is 19.1 Å². The van der Waals surface area contributed by atoms with Crippen LogP contribution in [0.2, 0.25) is 0 Å². The molecule has 3 nitrogen and oxygen atoms in total. The summed E-state index contributed by atoms with van der Waals surface area (Å²) in [4.78, 5) is 11.8. The molecule has 114 valence electrons. The van der Waals surface area contributed by atoms with Crippen LogP contribution in [-0.2, 0) is 20.9 Å². The fourth-order valence-corrected chi connectivity index (χ4v) is 2.69. The summed E-state index contributed by atoms with van der Waals surface area (Å²) in [6, 6.07) is 9.77. The van der Waals surface area contributed by atoms with Crippen molar-refractivity contribution < 1.29 is 14.3 Å². The van der Waals surface area contributed by atoms with Gasteiger partial charge < -0.3 is 9.47 Å². The number of ether oxygens (including phenoxy) is 2. The molecule has 2 rings (SSSR count). The van der Waals surface area contributed by atoms with Crippen molar-refractivity contribution in [3.63, 3.8) is 0 Å². The molecule has 21 heavy (non-hydrogen) atoms. The standard InChI is InChI=1S/C18H24O3/c1-14-8-9-15(12-17(14)20-2)10-11-18(19)21-13-16-6-4-3-5-7-16/h3-9,14-15,17H,10-13H2,1-2H3. The summed E-state index contributed by atoms with van der Waals surface area (Å²) in [6.45, 7) is 2.52. The Labute approximate surface area is 127 Å². The van der Waals surface area contributed by atoms with Crippen LogP contribution in [0.3, 0.4) is 0 Å². The average molecular weight is 288 g/mol. The smallest absolute Gasteiger partial charge is 0.306 e. The van der Waals surface area contributed by atoms with Crippen molar-refractivity contribution in [1.29, 1.82) is 0 Å². The number of benzene rings is 1. The second-order valence-electron chi connectivity index (χ2n) is 5.70. The van der Waals surface area contributed by atoms with Gasteiger partial charge in [-0.15, -0.1) is 0 Å². The third-order valence-corrected chi connectivity index (χ3v) is 4.07. The van der Waals surface area contributed by atoms with Crippen molar-refractivity contribution in [3.8, 4) is 0 Å². The van der Waals surface area contributed by atoms with Crippen LogP contribution in [0.1, 0.15) is 31.7 Å². The van der Waals surface area contributed by atoms with E-state index in [1.165, 1.54) is 0 Å². The van der Waals surface area contributed by atoms with Gasteiger partial charge in [-0.2, -0.15) is 0 Å². The van der Waals surface area contributed by atoms with E-state index in [1.54, 1.807) is 7.11 Å². The van der Waals surface area contributed by atoms with Gasteiger partial charge in [0.25, 0.3) is 0 Å². The zero-order valence-corrected chi connectivity index (χ0v) is 12.8. The summed E-state index contributed by atoms with van der Waals surface area (Å²) in [7, 11) is 1.76. The Kier molecular flexibility index (Phi) is 6.00. The van der Waals surface area contributed by atoms with E-state index >= 15 is 0 Å². The van der Waals surface area contributed by atoms with Crippen molar-refractivity contribution in [2.75, 3.05) is 7.11 Å². The second kappa shape index (κ2) is 7.99. The molecule has 0 bridgehead atoms. The fourth-order valence-electron chi connectivity index (χ4n) is 2.69. The molecule has 3 unspecified atom stereocenters. The van der Waals surface area contributed by atoms with Gasteiger partial charge in [0.05, 0.1) is 6.10 Å². The molecule has 0 fully saturated rings. The SMILES string of the molecule is COC1CC(CCC(=O)OCc2ccccc2)C=CC1C. The lowest BCUT2D eigenvalue weighted by molar-refractivity contribution is -0.145. The molecule has 0 aliphatic heterocycles. The minimum absolute atomic E-state index is 0.125. The van der Waals surface area contributed by atoms with Crippen molar-refractivity contribution >= 4 is 5.97 Å². The van der Waals surface area contributed by atoms with E-state index in [-0.39, 0.29) is 12.1 Å². The zero-order chi connectivity index (χ0) is 15.1. The van der Waals surface area contributed by atoms with Gasteiger partial charge in [0.1, 0.15) is 6.61 Å². The van der Waals surface area contributed by atoms with Gasteiger partial charge in [-0.05, 0) is 24.3 Å². The summed E-state index contributed by atoms with van der Waals surface area (Å²) in [6.07, 6.45) is 6.95. The maximum absolute atomic E-state index is 11.8. The molecular weight excluding hydrogens is 264 g/mol. The van der Waals surface area contributed by atoms with Crippen molar-refractivity contribution in [1.82, 2.24) is 0 Å². The highest BCUT2D eigenvalue weighted by Crippen LogP contribution is 2.27. The molecule has 0 aromatic heterocycles. The van der Waals surface area contributed by atoms with Crippen LogP contribution in [0.5, 0.6) is 0 Å². The lowest BCUT2D eigenvalue weighted by atomic mass is 9.84. The van der Waals surface area contributed by atoms with Gasteiger partial charge in [-0.1, -0.05) is 49.4 Å². The molecule has 0 N–H and O–H groups in total. The van der Waals surface area contributed by atoms with Crippen LogP contribution in [0.25, 0.3) is 0 Å². The maximum Gasteiger partial charge on any atom is 0.306 e. The van der Waals surface area contributed by atoms with Gasteiger partial charge >= 0.3 is 5.97 Å². The number of hydrogen-bond donors (Lipinski definition) is 0. The largest absolute Gasteiger partial charge is 0.461 e. The summed E-state index contributed by atoms with van der Waals surface area (Å²) in [5, 5.41) is 0. The number of carbonyl (C=O) groups excluding carboxylic acids is 1. The summed E-state index contributed by atoms with van der Waals surface area (Å²) >= 11 is 0. The number of esters is 1. The highest BCUT2D eigenvalue weighted by atomic mass is 16.5. The number of hydrogen-bond acceptors (Lipinski definition) is 3. The summed E-state index contributed by atoms with van der Waals surface area (Å²) in [5.41, 5.74) is 1.02. The van der Waals surface area contributed by atoms with E-state index in [1.807, 2.05) is 30.3 Å². The highest BCUT2D eigenvalue weighted by molar-refractivity contribution is 5.69. The lowest BCUT2D eigenvalue weighted by Gasteiger charge is -2.28. The average Bonchev–Trinajstić information content (AvgIpc) is 2.53. The first kappa shape index (κ1) is 15.8. The number of carbonyl (C=O) groups is 1. The molecule has 0 heterocycles. The van der Waals surface area contributed by atoms with E-state index in [0.717, 1.165) is 18.4 Å². The van der Waals surface area contributed by atoms with Gasteiger partial charge in [0.2, 0.25) is 0 Å². The molecule has 0 radical (unpaired) electrons. The number of rotatable bonds is 6. The molecule has 0 saturated carbocycles. The monoisotopic (exact) mass is 288 g/mol. The number of allylic oxidation sites excluding steroid dienone is 1. The fraction of sp³-hybridized carbons (Fsp3) is 0.500. The minimum Gasteiger partial charge on any atom is -0.461 e. The van der Waals surface area contributed by atoms with Crippen molar-refractivity contribution in [3.05, 3.63) is 48.0 Å². The highest BCUT2D eigenvalue weighted by Gasteiger charge is 2.23. The third-order valence-electron chi connectivity index (χ3n) is 4.07. The Balaban J connectivity index is 1.71. The normalized spacial score (nSPS) is 24.8. The van der Waals surface area contributed by atoms with Gasteiger partial charge in [0.15, 0.2) is 0 Å². The van der Waals surface area contributed by atoms with Crippen LogP contribution in [0.4, 0.5) is 0 Å². The Bertz CT molecular complexity index is 467. The Morgan fingerprint density at radius 1 is 1.24 bits per heavy atom. The minimum atomic E-state index is -0.125. The molecule has 0 saturated heterocycles. The maximum atomic E-state index is 11.8. The predicted molar refractivity (Wildman–Crippen MR) is 82.7 cm³/mol. The number of methoxy groups -OCH3 is 1. The first-order valence-electron chi connectivity index (χ1n) is 7.59. The topological polar surface area (TPSA) is 35.5 Å². The third kappa shape index (κ3) is 5.01. The van der Waals surface area contributed by atoms with E-state index in [4.69, 9.17) is 9.47 Å². The van der Waals surface area contributed by atoms with Crippen molar-refractivity contribution in [2.24, 2.45) is 11.8 Å². The zero-order valence-electron chi connectivity index (χ0n) is 12.8. The molecule has 3 atom stereocenters. The Morgan fingerprint density at radius 2 is 2.00 bits per heavy atom. The molecule has 0 amide bonds. The summed E-state index contributed by atoms with van der Waals surface area (Å²) in [5.74, 6) is 0.742. The quantitative estimate of drug-likeness (QED) is 0.591. The Hall–Kier alpha value is -1.61. The van der Waals surface area contributed by atoms with E-state index in [0.29, 0.717) is 24.9 Å². The van der Waals surface area contributed by atoms with Crippen molar-refractivity contribution in [2.45, 2.75) is 38.9 Å². The summed E-state index contributed by atoms with van der Waals surface area (Å²) < 4.78 is 10.8. The molecule has 1 aromatic rings. The second-order valence-corrected chi connectivity index (χ2v) is 5.70. The molecule has 0 spiro atoms. The molecule has 3 heteroatoms. The van der Waals surface area contributed by atoms with Gasteiger partial charge in [0, 0.05) is 19.4 Å². The molecule has 1 aliphatic rings. The predicted octanol–water partition coefficient (Wildman–Crippen LogP) is 3.74. The first-order valence-corrected chi connectivity index (χ1v) is 7.59. The Morgan fingerprint density at radius 3 is 2.71 bits per heavy atom. The van der Waals surface area contributed by atoms with E-state index in [9.17, 15) is 4.79 Å².